The number of aryl methyl sites for hydroxylation is 1. The second kappa shape index (κ2) is 9.72. The smallest absolute Gasteiger partial charge is 0.346 e. The van der Waals surface area contributed by atoms with Crippen molar-refractivity contribution < 1.29 is 27.4 Å². The summed E-state index contributed by atoms with van der Waals surface area (Å²) in [5.74, 6) is -1.31. The third-order valence-electron chi connectivity index (χ3n) is 5.82. The summed E-state index contributed by atoms with van der Waals surface area (Å²) in [6.45, 7) is 1.51. The van der Waals surface area contributed by atoms with Gasteiger partial charge in [-0.15, -0.1) is 0 Å². The van der Waals surface area contributed by atoms with Crippen molar-refractivity contribution >= 4 is 51.4 Å². The Morgan fingerprint density at radius 2 is 1.97 bits per heavy atom. The quantitative estimate of drug-likeness (QED) is 0.249. The SMILES string of the molecule is Cc1cc(Cn2nc(-c3ccsc3)c(O)c(C3=NP(=O)(O)c4cc(NS(C)(=O)=O)ccc4N3)c2=O)ccc1F. The third-order valence-corrected chi connectivity index (χ3v) is 8.58. The molecular weight excluding hydrogens is 568 g/mol. The number of aromatic nitrogens is 2. The molecule has 0 saturated carbocycles. The first kappa shape index (κ1) is 26.8. The van der Waals surface area contributed by atoms with Crippen LogP contribution in [0.4, 0.5) is 15.8 Å². The minimum atomic E-state index is -4.53. The average Bonchev–Trinajstić information content (AvgIpc) is 3.37. The number of sulfonamides is 1. The van der Waals surface area contributed by atoms with Gasteiger partial charge in [0.05, 0.1) is 23.8 Å². The standard InChI is InChI=1S/C24H21FN5O6PS2/c1-13-9-14(3-5-17(13)25)11-30-24(32)20(22(31)21(27-30)15-7-8-38-12-15)23-26-18-6-4-16(29-39(2,35)36)10-19(18)37(33,34)28-23/h3-10,12,29,31H,11H2,1-2H3,(H2,26,28,33,34). The fourth-order valence-electron chi connectivity index (χ4n) is 4.06. The lowest BCUT2D eigenvalue weighted by molar-refractivity contribution is 0.464. The van der Waals surface area contributed by atoms with Crippen LogP contribution in [-0.4, -0.2) is 40.3 Å². The van der Waals surface area contributed by atoms with E-state index in [-0.39, 0.29) is 40.3 Å². The molecule has 5 rings (SSSR count). The predicted octanol–water partition coefficient (Wildman–Crippen LogP) is 3.23. The van der Waals surface area contributed by atoms with E-state index in [0.29, 0.717) is 16.7 Å². The lowest BCUT2D eigenvalue weighted by Crippen LogP contribution is -2.35. The van der Waals surface area contributed by atoms with Crippen LogP contribution in [0.1, 0.15) is 16.7 Å². The van der Waals surface area contributed by atoms with Crippen LogP contribution in [0.25, 0.3) is 11.3 Å². The van der Waals surface area contributed by atoms with E-state index in [1.165, 1.54) is 41.7 Å². The Hall–Kier alpha value is -3.84. The van der Waals surface area contributed by atoms with Gasteiger partial charge in [0.25, 0.3) is 5.56 Å². The van der Waals surface area contributed by atoms with Gasteiger partial charge >= 0.3 is 7.52 Å². The first-order valence-electron chi connectivity index (χ1n) is 11.3. The van der Waals surface area contributed by atoms with Gasteiger partial charge in [-0.05, 0) is 53.8 Å². The van der Waals surface area contributed by atoms with E-state index in [1.807, 2.05) is 0 Å². The van der Waals surface area contributed by atoms with Gasteiger partial charge in [0.15, 0.2) is 11.6 Å². The summed E-state index contributed by atoms with van der Waals surface area (Å²) < 4.78 is 57.4. The molecule has 0 fully saturated rings. The van der Waals surface area contributed by atoms with E-state index in [1.54, 1.807) is 29.8 Å². The molecule has 0 saturated heterocycles. The molecule has 0 aliphatic carbocycles. The van der Waals surface area contributed by atoms with Crippen molar-refractivity contribution in [2.75, 3.05) is 16.3 Å². The van der Waals surface area contributed by atoms with Crippen LogP contribution in [0.2, 0.25) is 0 Å². The number of benzene rings is 2. The lowest BCUT2D eigenvalue weighted by atomic mass is 10.1. The summed E-state index contributed by atoms with van der Waals surface area (Å²) in [5, 5.41) is 21.6. The Morgan fingerprint density at radius 1 is 1.21 bits per heavy atom. The summed E-state index contributed by atoms with van der Waals surface area (Å²) in [6.07, 6.45) is 0.940. The lowest BCUT2D eigenvalue weighted by Gasteiger charge is -2.23. The fourth-order valence-corrected chi connectivity index (χ4v) is 6.54. The van der Waals surface area contributed by atoms with Crippen LogP contribution >= 0.6 is 18.9 Å². The van der Waals surface area contributed by atoms with Crippen molar-refractivity contribution in [1.82, 2.24) is 9.78 Å². The highest BCUT2D eigenvalue weighted by molar-refractivity contribution is 7.92. The average molecular weight is 590 g/mol. The van der Waals surface area contributed by atoms with E-state index in [4.69, 9.17) is 0 Å². The molecule has 0 bridgehead atoms. The zero-order valence-corrected chi connectivity index (χ0v) is 22.9. The molecule has 0 spiro atoms. The van der Waals surface area contributed by atoms with Crippen molar-refractivity contribution in [2.45, 2.75) is 13.5 Å². The Morgan fingerprint density at radius 3 is 2.64 bits per heavy atom. The molecule has 2 aromatic heterocycles. The van der Waals surface area contributed by atoms with Crippen LogP contribution in [0, 0.1) is 12.7 Å². The van der Waals surface area contributed by atoms with Gasteiger partial charge < -0.3 is 15.3 Å². The van der Waals surface area contributed by atoms with Crippen molar-refractivity contribution in [3.63, 3.8) is 0 Å². The van der Waals surface area contributed by atoms with Crippen molar-refractivity contribution in [3.8, 4) is 17.0 Å². The Balaban J connectivity index is 1.65. The topological polar surface area (TPSA) is 163 Å². The monoisotopic (exact) mass is 589 g/mol. The Bertz CT molecular complexity index is 1870. The van der Waals surface area contributed by atoms with Crippen molar-refractivity contribution in [3.05, 3.63) is 86.1 Å². The maximum atomic E-state index is 13.8. The number of hydrogen-bond donors (Lipinski definition) is 4. The van der Waals surface area contributed by atoms with Crippen LogP contribution in [0.3, 0.4) is 0 Å². The summed E-state index contributed by atoms with van der Waals surface area (Å²) >= 11 is 1.34. The van der Waals surface area contributed by atoms with Gasteiger partial charge in [-0.3, -0.25) is 14.1 Å². The highest BCUT2D eigenvalue weighted by atomic mass is 32.2. The summed E-state index contributed by atoms with van der Waals surface area (Å²) in [6, 6.07) is 9.93. The molecule has 202 valence electrons. The van der Waals surface area contributed by atoms with Gasteiger partial charge in [-0.1, -0.05) is 12.1 Å². The number of rotatable bonds is 6. The molecule has 1 aliphatic heterocycles. The van der Waals surface area contributed by atoms with E-state index in [2.05, 4.69) is 19.9 Å². The van der Waals surface area contributed by atoms with E-state index in [0.717, 1.165) is 10.9 Å². The predicted molar refractivity (Wildman–Crippen MR) is 148 cm³/mol. The molecule has 0 radical (unpaired) electrons. The van der Waals surface area contributed by atoms with Gasteiger partial charge in [0.1, 0.15) is 17.1 Å². The number of nitrogens with zero attached hydrogens (tertiary/aromatic N) is 3. The fraction of sp³-hybridized carbons (Fsp3) is 0.125. The number of anilines is 2. The molecule has 1 atom stereocenters. The van der Waals surface area contributed by atoms with Gasteiger partial charge in [0, 0.05) is 16.6 Å². The zero-order valence-electron chi connectivity index (χ0n) is 20.4. The summed E-state index contributed by atoms with van der Waals surface area (Å²) in [4.78, 5) is 24.4. The largest absolute Gasteiger partial charge is 0.505 e. The second-order valence-electron chi connectivity index (χ2n) is 8.85. The molecule has 39 heavy (non-hydrogen) atoms. The first-order valence-corrected chi connectivity index (χ1v) is 15.7. The zero-order chi connectivity index (χ0) is 28.1. The molecule has 4 aromatic rings. The first-order chi connectivity index (χ1) is 18.3. The van der Waals surface area contributed by atoms with Crippen LogP contribution < -0.4 is 20.9 Å². The molecule has 3 heterocycles. The van der Waals surface area contributed by atoms with Gasteiger partial charge in [-0.25, -0.2) is 17.5 Å². The summed E-state index contributed by atoms with van der Waals surface area (Å²) in [7, 11) is -8.18. The van der Waals surface area contributed by atoms with Crippen LogP contribution in [-0.2, 0) is 21.1 Å². The minimum Gasteiger partial charge on any atom is -0.505 e. The molecule has 15 heteroatoms. The maximum Gasteiger partial charge on any atom is 0.346 e. The molecule has 1 aliphatic rings. The molecule has 1 unspecified atom stereocenters. The molecule has 2 aromatic carbocycles. The Labute approximate surface area is 225 Å². The van der Waals surface area contributed by atoms with E-state index in [9.17, 15) is 32.2 Å². The van der Waals surface area contributed by atoms with Crippen LogP contribution in [0.15, 0.2) is 62.8 Å². The van der Waals surface area contributed by atoms with Crippen molar-refractivity contribution in [2.24, 2.45) is 4.76 Å². The second-order valence-corrected chi connectivity index (χ2v) is 13.2. The number of thiophene rings is 1. The van der Waals surface area contributed by atoms with E-state index < -0.39 is 34.7 Å². The van der Waals surface area contributed by atoms with Crippen LogP contribution in [0.5, 0.6) is 5.75 Å². The van der Waals surface area contributed by atoms with Gasteiger partial charge in [-0.2, -0.15) is 21.2 Å². The number of halogens is 1. The normalized spacial score (nSPS) is 16.8. The minimum absolute atomic E-state index is 0.0421. The number of aromatic hydroxyl groups is 1. The number of nitrogens with one attached hydrogen (secondary N) is 2. The third kappa shape index (κ3) is 5.36. The number of amidine groups is 1. The molecule has 0 amide bonds. The van der Waals surface area contributed by atoms with Gasteiger partial charge in [0.2, 0.25) is 10.0 Å². The number of fused-ring (bicyclic) bond motifs is 1. The highest BCUT2D eigenvalue weighted by Crippen LogP contribution is 2.47. The maximum absolute atomic E-state index is 13.8. The molecule has 4 N–H and O–H groups in total. The number of hydrogen-bond acceptors (Lipinski definition) is 8. The molecule has 11 nitrogen and oxygen atoms in total. The summed E-state index contributed by atoms with van der Waals surface area (Å²) in [5.41, 5.74) is 0.441. The Kier molecular flexibility index (Phi) is 6.67. The highest BCUT2D eigenvalue weighted by Gasteiger charge is 2.34. The van der Waals surface area contributed by atoms with Crippen molar-refractivity contribution in [1.29, 1.82) is 0 Å². The molecular formula is C24H21FN5O6PS2. The van der Waals surface area contributed by atoms with E-state index >= 15 is 0 Å².